The molecule has 1 rings (SSSR count). The minimum absolute atomic E-state index is 0.0487. The molecule has 1 aliphatic heterocycles. The lowest BCUT2D eigenvalue weighted by molar-refractivity contribution is -0.121. The number of carbonyl (C=O) groups is 1. The fraction of sp³-hybridized carbons (Fsp3) is 0.889. The van der Waals surface area contributed by atoms with Gasteiger partial charge in [0.2, 0.25) is 5.91 Å². The predicted octanol–water partition coefficient (Wildman–Crippen LogP) is -0.711. The molecule has 1 atom stereocenters. The molecule has 2 N–H and O–H groups in total. The van der Waals surface area contributed by atoms with Crippen LogP contribution < -0.4 is 10.6 Å². The van der Waals surface area contributed by atoms with Crippen LogP contribution in [0.1, 0.15) is 19.3 Å². The first kappa shape index (κ1) is 12.4. The average molecular weight is 234 g/mol. The topological polar surface area (TPSA) is 75.3 Å². The summed E-state index contributed by atoms with van der Waals surface area (Å²) in [6.07, 6.45) is 1.79. The molecule has 0 spiro atoms. The summed E-state index contributed by atoms with van der Waals surface area (Å²) in [7, 11) is -1.06. The van der Waals surface area contributed by atoms with Crippen molar-refractivity contribution >= 4 is 15.7 Å². The van der Waals surface area contributed by atoms with E-state index in [1.54, 1.807) is 0 Å². The fourth-order valence-corrected chi connectivity index (χ4v) is 3.31. The number of rotatable bonds is 5. The summed E-state index contributed by atoms with van der Waals surface area (Å²) in [6.45, 7) is 0.802. The van der Waals surface area contributed by atoms with Gasteiger partial charge in [-0.1, -0.05) is 0 Å². The van der Waals surface area contributed by atoms with E-state index in [0.717, 1.165) is 13.0 Å². The van der Waals surface area contributed by atoms with Crippen LogP contribution in [0.3, 0.4) is 0 Å². The van der Waals surface area contributed by atoms with E-state index < -0.39 is 9.84 Å². The Morgan fingerprint density at radius 2 is 2.20 bits per heavy atom. The summed E-state index contributed by atoms with van der Waals surface area (Å²) in [5.41, 5.74) is 0. The summed E-state index contributed by atoms with van der Waals surface area (Å²) < 4.78 is 22.2. The van der Waals surface area contributed by atoms with Crippen LogP contribution in [-0.2, 0) is 14.6 Å². The lowest BCUT2D eigenvalue weighted by atomic mass is 10.2. The molecule has 1 amide bonds. The van der Waals surface area contributed by atoms with Crippen LogP contribution in [0.5, 0.6) is 0 Å². The minimum Gasteiger partial charge on any atom is -0.352 e. The van der Waals surface area contributed by atoms with Gasteiger partial charge in [-0.3, -0.25) is 4.79 Å². The van der Waals surface area contributed by atoms with Gasteiger partial charge < -0.3 is 10.6 Å². The standard InChI is InChI=1S/C9H18N2O3S/c1-10-5-2-3-9(12)11-8-4-6-15(13,14)7-8/h8,10H,2-7H2,1H3,(H,11,12). The first-order valence-electron chi connectivity index (χ1n) is 5.18. The number of nitrogens with one attached hydrogen (secondary N) is 2. The molecule has 0 aliphatic carbocycles. The lowest BCUT2D eigenvalue weighted by Gasteiger charge is -2.10. The molecule has 6 heteroatoms. The Hall–Kier alpha value is -0.620. The van der Waals surface area contributed by atoms with Gasteiger partial charge >= 0.3 is 0 Å². The third-order valence-corrected chi connectivity index (χ3v) is 4.20. The second-order valence-corrected chi connectivity index (χ2v) is 6.10. The molecule has 15 heavy (non-hydrogen) atoms. The number of hydrogen-bond acceptors (Lipinski definition) is 4. The van der Waals surface area contributed by atoms with Gasteiger partial charge in [0.15, 0.2) is 9.84 Å². The van der Waals surface area contributed by atoms with Gasteiger partial charge in [0.1, 0.15) is 0 Å². The smallest absolute Gasteiger partial charge is 0.220 e. The molecule has 1 aliphatic rings. The average Bonchev–Trinajstić information content (AvgIpc) is 2.46. The number of sulfone groups is 1. The fourth-order valence-electron chi connectivity index (χ4n) is 1.63. The van der Waals surface area contributed by atoms with Crippen LogP contribution in [-0.4, -0.2) is 45.5 Å². The quantitative estimate of drug-likeness (QED) is 0.616. The molecule has 0 radical (unpaired) electrons. The van der Waals surface area contributed by atoms with Gasteiger partial charge in [0, 0.05) is 12.5 Å². The summed E-state index contributed by atoms with van der Waals surface area (Å²) in [5, 5.41) is 5.70. The van der Waals surface area contributed by atoms with E-state index in [-0.39, 0.29) is 23.5 Å². The molecule has 0 saturated carbocycles. The maximum Gasteiger partial charge on any atom is 0.220 e. The first-order chi connectivity index (χ1) is 7.03. The number of hydrogen-bond donors (Lipinski definition) is 2. The van der Waals surface area contributed by atoms with E-state index in [4.69, 9.17) is 0 Å². The second kappa shape index (κ2) is 5.46. The van der Waals surface area contributed by atoms with Crippen LogP contribution in [0.2, 0.25) is 0 Å². The highest BCUT2D eigenvalue weighted by Gasteiger charge is 2.28. The van der Waals surface area contributed by atoms with E-state index in [1.165, 1.54) is 0 Å². The highest BCUT2D eigenvalue weighted by molar-refractivity contribution is 7.91. The van der Waals surface area contributed by atoms with Crippen molar-refractivity contribution in [1.82, 2.24) is 10.6 Å². The molecule has 1 fully saturated rings. The lowest BCUT2D eigenvalue weighted by Crippen LogP contribution is -2.35. The number of amides is 1. The summed E-state index contributed by atoms with van der Waals surface area (Å²) in [5.74, 6) is 0.256. The summed E-state index contributed by atoms with van der Waals surface area (Å²) in [4.78, 5) is 11.4. The normalized spacial score (nSPS) is 23.9. The molecule has 5 nitrogen and oxygen atoms in total. The molecule has 0 bridgehead atoms. The van der Waals surface area contributed by atoms with E-state index in [0.29, 0.717) is 12.8 Å². The second-order valence-electron chi connectivity index (χ2n) is 3.87. The first-order valence-corrected chi connectivity index (χ1v) is 7.00. The maximum absolute atomic E-state index is 11.4. The largest absolute Gasteiger partial charge is 0.352 e. The Kier molecular flexibility index (Phi) is 4.53. The zero-order valence-corrected chi connectivity index (χ0v) is 9.77. The molecule has 0 aromatic rings. The molecule has 88 valence electrons. The Labute approximate surface area is 90.5 Å². The van der Waals surface area contributed by atoms with E-state index in [1.807, 2.05) is 7.05 Å². The molecule has 1 heterocycles. The van der Waals surface area contributed by atoms with Crippen LogP contribution in [0.25, 0.3) is 0 Å². The van der Waals surface area contributed by atoms with Crippen molar-refractivity contribution in [2.24, 2.45) is 0 Å². The molecular formula is C9H18N2O3S. The highest BCUT2D eigenvalue weighted by Crippen LogP contribution is 2.11. The van der Waals surface area contributed by atoms with Crippen LogP contribution >= 0.6 is 0 Å². The summed E-state index contributed by atoms with van der Waals surface area (Å²) >= 11 is 0. The minimum atomic E-state index is -2.89. The molecular weight excluding hydrogens is 216 g/mol. The van der Waals surface area contributed by atoms with Crippen molar-refractivity contribution in [1.29, 1.82) is 0 Å². The van der Waals surface area contributed by atoms with Crippen molar-refractivity contribution in [3.8, 4) is 0 Å². The van der Waals surface area contributed by atoms with Crippen LogP contribution in [0, 0.1) is 0 Å². The van der Waals surface area contributed by atoms with Gasteiger partial charge in [0.25, 0.3) is 0 Å². The van der Waals surface area contributed by atoms with Gasteiger partial charge in [-0.05, 0) is 26.4 Å². The van der Waals surface area contributed by atoms with Crippen molar-refractivity contribution in [3.63, 3.8) is 0 Å². The van der Waals surface area contributed by atoms with Crippen molar-refractivity contribution in [3.05, 3.63) is 0 Å². The van der Waals surface area contributed by atoms with Crippen molar-refractivity contribution < 1.29 is 13.2 Å². The third kappa shape index (κ3) is 4.61. The van der Waals surface area contributed by atoms with E-state index >= 15 is 0 Å². The zero-order chi connectivity index (χ0) is 11.3. The molecule has 1 saturated heterocycles. The summed E-state index contributed by atoms with van der Waals surface area (Å²) in [6, 6.07) is -0.169. The van der Waals surface area contributed by atoms with Crippen molar-refractivity contribution in [2.45, 2.75) is 25.3 Å². The Bertz CT molecular complexity index is 313. The Morgan fingerprint density at radius 3 is 2.73 bits per heavy atom. The SMILES string of the molecule is CNCCCC(=O)NC1CCS(=O)(=O)C1. The van der Waals surface area contributed by atoms with Crippen LogP contribution in [0.15, 0.2) is 0 Å². The zero-order valence-electron chi connectivity index (χ0n) is 8.95. The van der Waals surface area contributed by atoms with Gasteiger partial charge in [-0.2, -0.15) is 0 Å². The van der Waals surface area contributed by atoms with Gasteiger partial charge in [0.05, 0.1) is 11.5 Å². The number of carbonyl (C=O) groups excluding carboxylic acids is 1. The van der Waals surface area contributed by atoms with E-state index in [9.17, 15) is 13.2 Å². The van der Waals surface area contributed by atoms with Crippen molar-refractivity contribution in [2.75, 3.05) is 25.1 Å². The van der Waals surface area contributed by atoms with Gasteiger partial charge in [-0.15, -0.1) is 0 Å². The highest BCUT2D eigenvalue weighted by atomic mass is 32.2. The van der Waals surface area contributed by atoms with E-state index in [2.05, 4.69) is 10.6 Å². The Morgan fingerprint density at radius 1 is 1.47 bits per heavy atom. The predicted molar refractivity (Wildman–Crippen MR) is 58.4 cm³/mol. The molecule has 1 unspecified atom stereocenters. The van der Waals surface area contributed by atoms with Crippen LogP contribution in [0.4, 0.5) is 0 Å². The third-order valence-electron chi connectivity index (χ3n) is 2.43. The Balaban J connectivity index is 2.22. The van der Waals surface area contributed by atoms with Gasteiger partial charge in [-0.25, -0.2) is 8.42 Å². The molecule has 0 aromatic carbocycles. The maximum atomic E-state index is 11.4. The monoisotopic (exact) mass is 234 g/mol. The molecule has 0 aromatic heterocycles.